The molecule has 1 N–H and O–H groups in total. The number of hydrogen-bond donors (Lipinski definition) is 1. The predicted molar refractivity (Wildman–Crippen MR) is 92.4 cm³/mol. The first kappa shape index (κ1) is 15.7. The van der Waals surface area contributed by atoms with Crippen LogP contribution in [0.15, 0.2) is 60.7 Å². The number of carbonyl (C=O) groups is 1. The largest absolute Gasteiger partial charge is 0.455 e. The summed E-state index contributed by atoms with van der Waals surface area (Å²) in [4.78, 5) is 20.8. The predicted octanol–water partition coefficient (Wildman–Crippen LogP) is 4.14. The SMILES string of the molecule is Cc1cc(C(=O)Nc2ccccc2Oc2ccccc2)nc(C)n1. The van der Waals surface area contributed by atoms with E-state index in [1.165, 1.54) is 0 Å². The standard InChI is InChI=1S/C19H17N3O2/c1-13-12-17(21-14(2)20-13)19(23)22-16-10-6-7-11-18(16)24-15-8-4-3-5-9-15/h3-12H,1-2H3,(H,22,23). The molecule has 0 saturated heterocycles. The van der Waals surface area contributed by atoms with Gasteiger partial charge in [0.15, 0.2) is 5.75 Å². The molecule has 1 heterocycles. The molecule has 0 fully saturated rings. The van der Waals surface area contributed by atoms with Gasteiger partial charge in [0.25, 0.3) is 5.91 Å². The van der Waals surface area contributed by atoms with Gasteiger partial charge < -0.3 is 10.1 Å². The van der Waals surface area contributed by atoms with Crippen LogP contribution in [-0.4, -0.2) is 15.9 Å². The van der Waals surface area contributed by atoms with Crippen LogP contribution < -0.4 is 10.1 Å². The Morgan fingerprint density at radius 2 is 1.67 bits per heavy atom. The topological polar surface area (TPSA) is 64.1 Å². The lowest BCUT2D eigenvalue weighted by Crippen LogP contribution is -2.15. The van der Waals surface area contributed by atoms with E-state index in [0.29, 0.717) is 28.7 Å². The van der Waals surface area contributed by atoms with Gasteiger partial charge in [-0.25, -0.2) is 9.97 Å². The van der Waals surface area contributed by atoms with Crippen molar-refractivity contribution in [1.82, 2.24) is 9.97 Å². The van der Waals surface area contributed by atoms with Crippen molar-refractivity contribution in [2.45, 2.75) is 13.8 Å². The highest BCUT2D eigenvalue weighted by Crippen LogP contribution is 2.29. The number of nitrogens with one attached hydrogen (secondary N) is 1. The van der Waals surface area contributed by atoms with E-state index in [1.54, 1.807) is 25.1 Å². The molecule has 0 aliphatic carbocycles. The highest BCUT2D eigenvalue weighted by atomic mass is 16.5. The van der Waals surface area contributed by atoms with E-state index in [2.05, 4.69) is 15.3 Å². The Morgan fingerprint density at radius 3 is 2.42 bits per heavy atom. The van der Waals surface area contributed by atoms with Gasteiger partial charge in [-0.15, -0.1) is 0 Å². The zero-order valence-electron chi connectivity index (χ0n) is 13.5. The molecular weight excluding hydrogens is 302 g/mol. The maximum absolute atomic E-state index is 12.5. The molecule has 0 unspecified atom stereocenters. The van der Waals surface area contributed by atoms with Gasteiger partial charge in [-0.05, 0) is 44.2 Å². The van der Waals surface area contributed by atoms with Gasteiger partial charge in [0.05, 0.1) is 5.69 Å². The Morgan fingerprint density at radius 1 is 0.958 bits per heavy atom. The Kier molecular flexibility index (Phi) is 4.52. The number of rotatable bonds is 4. The summed E-state index contributed by atoms with van der Waals surface area (Å²) < 4.78 is 5.85. The fourth-order valence-electron chi connectivity index (χ4n) is 2.29. The average molecular weight is 319 g/mol. The molecule has 0 bridgehead atoms. The van der Waals surface area contributed by atoms with Crippen molar-refractivity contribution >= 4 is 11.6 Å². The van der Waals surface area contributed by atoms with E-state index in [0.717, 1.165) is 5.69 Å². The number of aromatic nitrogens is 2. The van der Waals surface area contributed by atoms with Gasteiger partial charge in [-0.2, -0.15) is 0 Å². The van der Waals surface area contributed by atoms with Crippen molar-refractivity contribution < 1.29 is 9.53 Å². The third-order valence-electron chi connectivity index (χ3n) is 3.30. The van der Waals surface area contributed by atoms with Crippen LogP contribution in [0.3, 0.4) is 0 Å². The van der Waals surface area contributed by atoms with Gasteiger partial charge in [-0.1, -0.05) is 30.3 Å². The monoisotopic (exact) mass is 319 g/mol. The maximum atomic E-state index is 12.5. The lowest BCUT2D eigenvalue weighted by atomic mass is 10.2. The summed E-state index contributed by atoms with van der Waals surface area (Å²) in [6, 6.07) is 18.4. The minimum atomic E-state index is -0.298. The van der Waals surface area contributed by atoms with Gasteiger partial charge >= 0.3 is 0 Å². The summed E-state index contributed by atoms with van der Waals surface area (Å²) in [7, 11) is 0. The molecule has 1 amide bonds. The summed E-state index contributed by atoms with van der Waals surface area (Å²) in [6.45, 7) is 3.59. The number of ether oxygens (including phenoxy) is 1. The Balaban J connectivity index is 1.83. The molecule has 0 atom stereocenters. The van der Waals surface area contributed by atoms with Crippen LogP contribution in [0.5, 0.6) is 11.5 Å². The van der Waals surface area contributed by atoms with Crippen molar-refractivity contribution in [3.05, 3.63) is 77.9 Å². The molecule has 3 aromatic rings. The molecule has 0 aliphatic heterocycles. The molecule has 0 aliphatic rings. The molecule has 0 radical (unpaired) electrons. The smallest absolute Gasteiger partial charge is 0.274 e. The molecule has 2 aromatic carbocycles. The van der Waals surface area contributed by atoms with Crippen LogP contribution >= 0.6 is 0 Å². The first-order valence-electron chi connectivity index (χ1n) is 7.57. The second-order valence-corrected chi connectivity index (χ2v) is 5.31. The van der Waals surface area contributed by atoms with Crippen LogP contribution in [-0.2, 0) is 0 Å². The Labute approximate surface area is 140 Å². The fourth-order valence-corrected chi connectivity index (χ4v) is 2.29. The first-order valence-corrected chi connectivity index (χ1v) is 7.57. The second-order valence-electron chi connectivity index (χ2n) is 5.31. The normalized spacial score (nSPS) is 10.2. The minimum absolute atomic E-state index is 0.298. The molecule has 120 valence electrons. The highest BCUT2D eigenvalue weighted by molar-refractivity contribution is 6.03. The lowest BCUT2D eigenvalue weighted by Gasteiger charge is -2.12. The average Bonchev–Trinajstić information content (AvgIpc) is 2.56. The van der Waals surface area contributed by atoms with E-state index in [1.807, 2.05) is 49.4 Å². The lowest BCUT2D eigenvalue weighted by molar-refractivity contribution is 0.102. The van der Waals surface area contributed by atoms with Crippen molar-refractivity contribution in [1.29, 1.82) is 0 Å². The first-order chi connectivity index (χ1) is 11.6. The number of aryl methyl sites for hydroxylation is 2. The number of carbonyl (C=O) groups excluding carboxylic acids is 1. The molecule has 0 saturated carbocycles. The molecule has 5 heteroatoms. The van der Waals surface area contributed by atoms with Crippen molar-refractivity contribution in [3.63, 3.8) is 0 Å². The summed E-state index contributed by atoms with van der Waals surface area (Å²) in [5, 5.41) is 2.85. The van der Waals surface area contributed by atoms with E-state index in [9.17, 15) is 4.79 Å². The van der Waals surface area contributed by atoms with E-state index >= 15 is 0 Å². The Hall–Kier alpha value is -3.21. The zero-order chi connectivity index (χ0) is 16.9. The molecule has 0 spiro atoms. The molecule has 3 rings (SSSR count). The number of hydrogen-bond acceptors (Lipinski definition) is 4. The van der Waals surface area contributed by atoms with E-state index in [-0.39, 0.29) is 5.91 Å². The summed E-state index contributed by atoms with van der Waals surface area (Å²) in [6.07, 6.45) is 0. The molecule has 24 heavy (non-hydrogen) atoms. The number of amides is 1. The fraction of sp³-hybridized carbons (Fsp3) is 0.105. The van der Waals surface area contributed by atoms with Crippen LogP contribution in [0.2, 0.25) is 0 Å². The third-order valence-corrected chi connectivity index (χ3v) is 3.30. The van der Waals surface area contributed by atoms with Gasteiger partial charge in [0.2, 0.25) is 0 Å². The zero-order valence-corrected chi connectivity index (χ0v) is 13.5. The van der Waals surface area contributed by atoms with Crippen LogP contribution in [0.25, 0.3) is 0 Å². The van der Waals surface area contributed by atoms with Crippen molar-refractivity contribution in [2.24, 2.45) is 0 Å². The highest BCUT2D eigenvalue weighted by Gasteiger charge is 2.12. The maximum Gasteiger partial charge on any atom is 0.274 e. The van der Waals surface area contributed by atoms with E-state index in [4.69, 9.17) is 4.74 Å². The number of anilines is 1. The number of benzene rings is 2. The summed E-state index contributed by atoms with van der Waals surface area (Å²) in [5.74, 6) is 1.54. The van der Waals surface area contributed by atoms with Gasteiger partial charge in [0, 0.05) is 5.69 Å². The minimum Gasteiger partial charge on any atom is -0.455 e. The Bertz CT molecular complexity index is 843. The van der Waals surface area contributed by atoms with Crippen molar-refractivity contribution in [3.8, 4) is 11.5 Å². The second kappa shape index (κ2) is 6.91. The van der Waals surface area contributed by atoms with Crippen LogP contribution in [0.1, 0.15) is 22.0 Å². The molecule has 1 aromatic heterocycles. The van der Waals surface area contributed by atoms with Crippen LogP contribution in [0.4, 0.5) is 5.69 Å². The molecule has 5 nitrogen and oxygen atoms in total. The third kappa shape index (κ3) is 3.76. The quantitative estimate of drug-likeness (QED) is 0.785. The van der Waals surface area contributed by atoms with E-state index < -0.39 is 0 Å². The number of nitrogens with zero attached hydrogens (tertiary/aromatic N) is 2. The molecular formula is C19H17N3O2. The summed E-state index contributed by atoms with van der Waals surface area (Å²) >= 11 is 0. The number of para-hydroxylation sites is 3. The van der Waals surface area contributed by atoms with Gasteiger partial charge in [0.1, 0.15) is 17.3 Å². The van der Waals surface area contributed by atoms with Gasteiger partial charge in [-0.3, -0.25) is 4.79 Å². The van der Waals surface area contributed by atoms with Crippen molar-refractivity contribution in [2.75, 3.05) is 5.32 Å². The van der Waals surface area contributed by atoms with Crippen LogP contribution in [0, 0.1) is 13.8 Å². The summed E-state index contributed by atoms with van der Waals surface area (Å²) in [5.41, 5.74) is 1.66.